The van der Waals surface area contributed by atoms with Gasteiger partial charge in [-0.05, 0) is 0 Å². The van der Waals surface area contributed by atoms with E-state index in [4.69, 9.17) is 0 Å². The monoisotopic (exact) mass is 626 g/mol. The first-order valence-corrected chi connectivity index (χ1v) is 0. The van der Waals surface area contributed by atoms with E-state index in [0.29, 0.717) is 0 Å². The molecule has 0 unspecified atom stereocenters. The van der Waals surface area contributed by atoms with E-state index in [-0.39, 0.29) is 156 Å². The van der Waals surface area contributed by atoms with Gasteiger partial charge in [-0.1, -0.05) is 0 Å². The molecule has 0 fully saturated rings. The molecule has 0 atom stereocenters. The molecule has 0 aromatic heterocycles. The summed E-state index contributed by atoms with van der Waals surface area (Å²) >= 11 is 0. The van der Waals surface area contributed by atoms with Crippen molar-refractivity contribution in [3.63, 3.8) is 0 Å². The zero-order valence-electron chi connectivity index (χ0n) is 3.24. The number of halogens is 5. The first-order chi connectivity index (χ1) is 0. The molecule has 0 aromatic rings. The van der Waals surface area contributed by atoms with Gasteiger partial charge in [0.2, 0.25) is 0 Å². The minimum atomic E-state index is 0. The Balaban J connectivity index is 0. The summed E-state index contributed by atoms with van der Waals surface area (Å²) in [5.41, 5.74) is 0. The van der Waals surface area contributed by atoms with E-state index in [1.807, 2.05) is 0 Å². The van der Waals surface area contributed by atoms with Gasteiger partial charge < -0.3 is 84.9 Å². The van der Waals surface area contributed by atoms with E-state index >= 15 is 0 Å². The van der Waals surface area contributed by atoms with Gasteiger partial charge in [-0.2, -0.15) is 0 Å². The fourth-order valence-electron chi connectivity index (χ4n) is 0. The molecule has 0 heterocycles. The molecule has 0 bridgehead atoms. The third kappa shape index (κ3) is 36.8. The second-order valence-electron chi connectivity index (χ2n) is 0. The molecule has 0 aliphatic heterocycles. The van der Waals surface area contributed by atoms with Crippen molar-refractivity contribution in [3.05, 3.63) is 0 Å². The first kappa shape index (κ1) is 60.9. The average Bonchev–Trinajstić information content (AvgIpc) is 0. The normalized spacial score (nSPS) is 0. The molecular weight excluding hydrogens is 629 g/mol. The quantitative estimate of drug-likeness (QED) is 0.234. The second-order valence-corrected chi connectivity index (χ2v) is 0. The van der Waals surface area contributed by atoms with E-state index in [2.05, 4.69) is 0 Å². The van der Waals surface area contributed by atoms with Gasteiger partial charge in [0.25, 0.3) is 0 Å². The van der Waals surface area contributed by atoms with Crippen molar-refractivity contribution < 1.29 is 156 Å². The van der Waals surface area contributed by atoms with Gasteiger partial charge >= 0.3 is 71.2 Å². The van der Waals surface area contributed by atoms with Gasteiger partial charge in [0.05, 0.1) is 0 Å². The van der Waals surface area contributed by atoms with Gasteiger partial charge in [0.1, 0.15) is 0 Å². The molecule has 0 saturated carbocycles. The molecule has 0 aliphatic rings. The van der Waals surface area contributed by atoms with Crippen LogP contribution >= 0.6 is 0 Å². The van der Waals surface area contributed by atoms with E-state index in [0.717, 1.165) is 0 Å². The van der Waals surface area contributed by atoms with Crippen LogP contribution in [-0.2, 0) is 19.8 Å². The summed E-state index contributed by atoms with van der Waals surface area (Å²) in [5.74, 6) is 0. The van der Waals surface area contributed by atoms with Gasteiger partial charge in [-0.15, -0.1) is 0 Å². The summed E-state index contributed by atoms with van der Waals surface area (Å²) < 4.78 is 0. The molecule has 7 heteroatoms. The van der Waals surface area contributed by atoms with Crippen LogP contribution in [0.5, 0.6) is 0 Å². The Kier molecular flexibility index (Phi) is 398. The number of hydrogen-bond acceptors (Lipinski definition) is 0. The summed E-state index contributed by atoms with van der Waals surface area (Å²) in [6.45, 7) is 0. The fraction of sp³-hybridized carbons (Fsp3) is 0. The van der Waals surface area contributed by atoms with Crippen molar-refractivity contribution in [1.82, 2.24) is 0 Å². The third-order valence-corrected chi connectivity index (χ3v) is 0. The molecule has 0 amide bonds. The Labute approximate surface area is 152 Å². The van der Waals surface area contributed by atoms with Crippen LogP contribution in [0.25, 0.3) is 0 Å². The zero-order chi connectivity index (χ0) is 0. The number of rotatable bonds is 0. The summed E-state index contributed by atoms with van der Waals surface area (Å²) in [6.07, 6.45) is 0. The van der Waals surface area contributed by atoms with Crippen LogP contribution in [0.1, 0.15) is 0 Å². The Morgan fingerprint density at radius 1 is 0.429 bits per heavy atom. The fourth-order valence-corrected chi connectivity index (χ4v) is 0. The second kappa shape index (κ2) is 45.7. The Morgan fingerprint density at radius 3 is 0.429 bits per heavy atom. The Morgan fingerprint density at radius 2 is 0.429 bits per heavy atom. The molecular formula is Br5KOs. The van der Waals surface area contributed by atoms with E-state index in [9.17, 15) is 0 Å². The minimum absolute atomic E-state index is 0. The molecule has 44 valence electrons. The van der Waals surface area contributed by atoms with Crippen LogP contribution in [0.4, 0.5) is 0 Å². The van der Waals surface area contributed by atoms with Gasteiger partial charge in [-0.25, -0.2) is 0 Å². The molecule has 0 radical (unpaired) electrons. The van der Waals surface area contributed by atoms with E-state index in [1.165, 1.54) is 0 Å². The zero-order valence-corrected chi connectivity index (χ0v) is 16.8. The predicted molar refractivity (Wildman–Crippen MR) is 0 cm³/mol. The maximum absolute atomic E-state index is 0. The van der Waals surface area contributed by atoms with Crippen LogP contribution in [0.15, 0.2) is 0 Å². The molecule has 0 nitrogen and oxygen atoms in total. The van der Waals surface area contributed by atoms with Crippen LogP contribution < -0.4 is 136 Å². The van der Waals surface area contributed by atoms with Crippen molar-refractivity contribution in [2.45, 2.75) is 0 Å². The van der Waals surface area contributed by atoms with E-state index in [1.54, 1.807) is 0 Å². The van der Waals surface area contributed by atoms with Crippen LogP contribution in [0.2, 0.25) is 0 Å². The SMILES string of the molecule is [Br-].[Br-].[Br-].[Br-].[Br-].[K+].[Os+4]. The smallest absolute Gasteiger partial charge is 1.00 e. The van der Waals surface area contributed by atoms with Crippen molar-refractivity contribution in [2.75, 3.05) is 0 Å². The van der Waals surface area contributed by atoms with Crippen molar-refractivity contribution >= 4 is 0 Å². The first-order valence-electron chi connectivity index (χ1n) is 0. The molecule has 0 aromatic carbocycles. The maximum Gasteiger partial charge on any atom is 4.00 e. The van der Waals surface area contributed by atoms with E-state index < -0.39 is 0 Å². The third-order valence-electron chi connectivity index (χ3n) is 0. The molecule has 0 spiro atoms. The molecule has 0 N–H and O–H groups in total. The molecule has 0 rings (SSSR count). The predicted octanol–water partition coefficient (Wildman–Crippen LogP) is -18.0. The van der Waals surface area contributed by atoms with Crippen LogP contribution in [0, 0.1) is 0 Å². The van der Waals surface area contributed by atoms with Crippen molar-refractivity contribution in [1.29, 1.82) is 0 Å². The maximum atomic E-state index is 0. The summed E-state index contributed by atoms with van der Waals surface area (Å²) in [5, 5.41) is 0. The van der Waals surface area contributed by atoms with Crippen LogP contribution in [-0.4, -0.2) is 0 Å². The molecule has 0 aliphatic carbocycles. The van der Waals surface area contributed by atoms with Crippen LogP contribution in [0.3, 0.4) is 0 Å². The summed E-state index contributed by atoms with van der Waals surface area (Å²) in [4.78, 5) is 0. The van der Waals surface area contributed by atoms with Crippen molar-refractivity contribution in [2.24, 2.45) is 0 Å². The standard InChI is InChI=1S/5BrH.K.Os/h5*1H;;/q;;;;;+1;+4/p-5. The summed E-state index contributed by atoms with van der Waals surface area (Å²) in [6, 6.07) is 0. The molecule has 0 saturated heterocycles. The Bertz CT molecular complexity index is 8.04. The largest absolute Gasteiger partial charge is 4.00 e. The Hall–Kier alpha value is 4.67. The van der Waals surface area contributed by atoms with Gasteiger partial charge in [-0.3, -0.25) is 0 Å². The average molecular weight is 629 g/mol. The minimum Gasteiger partial charge on any atom is -1.00 e. The van der Waals surface area contributed by atoms with Crippen molar-refractivity contribution in [3.8, 4) is 0 Å². The van der Waals surface area contributed by atoms with Gasteiger partial charge in [0.15, 0.2) is 0 Å². The summed E-state index contributed by atoms with van der Waals surface area (Å²) in [7, 11) is 0. The molecule has 7 heavy (non-hydrogen) atoms. The number of hydrogen-bond donors (Lipinski definition) is 0. The van der Waals surface area contributed by atoms with Gasteiger partial charge in [0, 0.05) is 0 Å². The topological polar surface area (TPSA) is 0 Å².